The van der Waals surface area contributed by atoms with E-state index in [0.717, 1.165) is 11.1 Å². The van der Waals surface area contributed by atoms with Gasteiger partial charge in [-0.05, 0) is 36.1 Å². The molecule has 0 heterocycles. The number of carbonyl (C=O) groups excluding carboxylic acids is 2. The molecule has 0 aliphatic carbocycles. The van der Waals surface area contributed by atoms with Crippen LogP contribution in [0.1, 0.15) is 25.0 Å². The maximum Gasteiger partial charge on any atom is 0.214 e. The van der Waals surface area contributed by atoms with Crippen molar-refractivity contribution in [1.29, 1.82) is 0 Å². The normalized spacial score (nSPS) is 10.1. The topological polar surface area (TPSA) is 34.1 Å². The Morgan fingerprint density at radius 3 is 1.70 bits per heavy atom. The standard InChI is InChI=1S/C16H18O2S2/c1-11(2)15(17)19-9-13-6-5-7-14(8-13)10-20-16(18)12(3)4/h5-8H,1,3,9-10H2,2,4H3. The molecule has 0 fully saturated rings. The van der Waals surface area contributed by atoms with Gasteiger partial charge in [-0.1, -0.05) is 60.9 Å². The third kappa shape index (κ3) is 5.80. The van der Waals surface area contributed by atoms with Crippen molar-refractivity contribution in [3.63, 3.8) is 0 Å². The Labute approximate surface area is 128 Å². The molecule has 0 aliphatic heterocycles. The smallest absolute Gasteiger partial charge is 0.214 e. The molecular formula is C16H18O2S2. The third-order valence-corrected chi connectivity index (χ3v) is 4.60. The Morgan fingerprint density at radius 1 is 0.950 bits per heavy atom. The second kappa shape index (κ2) is 8.12. The van der Waals surface area contributed by atoms with E-state index in [1.54, 1.807) is 13.8 Å². The van der Waals surface area contributed by atoms with Gasteiger partial charge in [-0.2, -0.15) is 0 Å². The SMILES string of the molecule is C=C(C)C(=O)SCc1cccc(CSC(=O)C(=C)C)c1. The van der Waals surface area contributed by atoms with Crippen molar-refractivity contribution in [3.05, 3.63) is 59.7 Å². The molecule has 0 saturated carbocycles. The first kappa shape index (κ1) is 16.8. The van der Waals surface area contributed by atoms with E-state index in [-0.39, 0.29) is 10.2 Å². The maximum absolute atomic E-state index is 11.5. The van der Waals surface area contributed by atoms with E-state index < -0.39 is 0 Å². The zero-order valence-electron chi connectivity index (χ0n) is 11.8. The van der Waals surface area contributed by atoms with Crippen LogP contribution in [-0.4, -0.2) is 10.2 Å². The van der Waals surface area contributed by atoms with Gasteiger partial charge in [-0.15, -0.1) is 0 Å². The lowest BCUT2D eigenvalue weighted by atomic mass is 10.2. The molecule has 2 nitrogen and oxygen atoms in total. The fraction of sp³-hybridized carbons (Fsp3) is 0.250. The Bertz CT molecular complexity index is 502. The van der Waals surface area contributed by atoms with Crippen molar-refractivity contribution in [3.8, 4) is 0 Å². The highest BCUT2D eigenvalue weighted by Gasteiger charge is 2.06. The fourth-order valence-electron chi connectivity index (χ4n) is 1.35. The highest BCUT2D eigenvalue weighted by molar-refractivity contribution is 8.13. The molecule has 0 unspecified atom stereocenters. The molecule has 0 N–H and O–H groups in total. The van der Waals surface area contributed by atoms with Crippen LogP contribution in [0.2, 0.25) is 0 Å². The molecule has 1 aromatic carbocycles. The number of benzene rings is 1. The van der Waals surface area contributed by atoms with Gasteiger partial charge in [0.1, 0.15) is 0 Å². The Morgan fingerprint density at radius 2 is 1.35 bits per heavy atom. The largest absolute Gasteiger partial charge is 0.282 e. The molecule has 0 saturated heterocycles. The lowest BCUT2D eigenvalue weighted by Gasteiger charge is -2.05. The van der Waals surface area contributed by atoms with Gasteiger partial charge in [0.05, 0.1) is 0 Å². The van der Waals surface area contributed by atoms with Gasteiger partial charge in [0, 0.05) is 11.5 Å². The molecular weight excluding hydrogens is 288 g/mol. The number of thioether (sulfide) groups is 2. The summed E-state index contributed by atoms with van der Waals surface area (Å²) >= 11 is 2.50. The molecule has 0 aromatic heterocycles. The zero-order valence-corrected chi connectivity index (χ0v) is 13.4. The second-order valence-corrected chi connectivity index (χ2v) is 6.43. The van der Waals surface area contributed by atoms with Crippen molar-refractivity contribution in [2.24, 2.45) is 0 Å². The number of hydrogen-bond acceptors (Lipinski definition) is 4. The quantitative estimate of drug-likeness (QED) is 0.731. The van der Waals surface area contributed by atoms with E-state index in [0.29, 0.717) is 22.7 Å². The minimum absolute atomic E-state index is 0.0160. The zero-order chi connectivity index (χ0) is 15.1. The molecule has 1 aromatic rings. The minimum atomic E-state index is 0.0160. The van der Waals surface area contributed by atoms with Crippen molar-refractivity contribution in [1.82, 2.24) is 0 Å². The lowest BCUT2D eigenvalue weighted by molar-refractivity contribution is -0.108. The first-order valence-electron chi connectivity index (χ1n) is 6.13. The van der Waals surface area contributed by atoms with Gasteiger partial charge in [-0.25, -0.2) is 0 Å². The molecule has 0 bridgehead atoms. The van der Waals surface area contributed by atoms with Crippen LogP contribution in [0.5, 0.6) is 0 Å². The number of hydrogen-bond donors (Lipinski definition) is 0. The van der Waals surface area contributed by atoms with E-state index >= 15 is 0 Å². The maximum atomic E-state index is 11.5. The predicted molar refractivity (Wildman–Crippen MR) is 88.7 cm³/mol. The molecule has 20 heavy (non-hydrogen) atoms. The highest BCUT2D eigenvalue weighted by Crippen LogP contribution is 2.20. The van der Waals surface area contributed by atoms with Gasteiger partial charge in [-0.3, -0.25) is 9.59 Å². The predicted octanol–water partition coefficient (Wildman–Crippen LogP) is 4.36. The van der Waals surface area contributed by atoms with Crippen molar-refractivity contribution in [2.75, 3.05) is 0 Å². The first-order chi connectivity index (χ1) is 9.40. The van der Waals surface area contributed by atoms with Crippen LogP contribution in [0.15, 0.2) is 48.6 Å². The second-order valence-electron chi connectivity index (χ2n) is 4.53. The number of carbonyl (C=O) groups is 2. The molecule has 0 aliphatic rings. The monoisotopic (exact) mass is 306 g/mol. The molecule has 0 atom stereocenters. The van der Waals surface area contributed by atoms with Gasteiger partial charge in [0.2, 0.25) is 10.2 Å². The molecule has 1 rings (SSSR count). The van der Waals surface area contributed by atoms with E-state index in [1.165, 1.54) is 23.5 Å². The minimum Gasteiger partial charge on any atom is -0.282 e. The summed E-state index contributed by atoms with van der Waals surface area (Å²) in [6.07, 6.45) is 0. The molecule has 0 spiro atoms. The summed E-state index contributed by atoms with van der Waals surface area (Å²) in [5.74, 6) is 1.25. The van der Waals surface area contributed by atoms with Crippen LogP contribution >= 0.6 is 23.5 Å². The average Bonchev–Trinajstić information content (AvgIpc) is 2.42. The van der Waals surface area contributed by atoms with Crippen molar-refractivity contribution in [2.45, 2.75) is 25.4 Å². The summed E-state index contributed by atoms with van der Waals surface area (Å²) < 4.78 is 0. The van der Waals surface area contributed by atoms with Crippen LogP contribution in [0.4, 0.5) is 0 Å². The summed E-state index contributed by atoms with van der Waals surface area (Å²) in [6.45, 7) is 10.7. The van der Waals surface area contributed by atoms with Crippen LogP contribution in [0.25, 0.3) is 0 Å². The van der Waals surface area contributed by atoms with E-state index in [9.17, 15) is 9.59 Å². The van der Waals surface area contributed by atoms with Crippen LogP contribution in [0, 0.1) is 0 Å². The molecule has 106 valence electrons. The van der Waals surface area contributed by atoms with Crippen LogP contribution in [0.3, 0.4) is 0 Å². The third-order valence-electron chi connectivity index (χ3n) is 2.43. The van der Waals surface area contributed by atoms with Crippen molar-refractivity contribution >= 4 is 33.8 Å². The van der Waals surface area contributed by atoms with Crippen molar-refractivity contribution < 1.29 is 9.59 Å². The molecule has 0 radical (unpaired) electrons. The highest BCUT2D eigenvalue weighted by atomic mass is 32.2. The van der Waals surface area contributed by atoms with Gasteiger partial charge in [0.15, 0.2) is 0 Å². The van der Waals surface area contributed by atoms with Gasteiger partial charge >= 0.3 is 0 Å². The van der Waals surface area contributed by atoms with Gasteiger partial charge < -0.3 is 0 Å². The summed E-state index contributed by atoms with van der Waals surface area (Å²) in [6, 6.07) is 7.93. The molecule has 4 heteroatoms. The van der Waals surface area contributed by atoms with E-state index in [1.807, 2.05) is 24.3 Å². The fourth-order valence-corrected chi connectivity index (χ4v) is 2.80. The summed E-state index contributed by atoms with van der Waals surface area (Å²) in [5, 5.41) is 0.0319. The van der Waals surface area contributed by atoms with Gasteiger partial charge in [0.25, 0.3) is 0 Å². The summed E-state index contributed by atoms with van der Waals surface area (Å²) in [4.78, 5) is 23.0. The number of rotatable bonds is 6. The summed E-state index contributed by atoms with van der Waals surface area (Å²) in [5.41, 5.74) is 3.28. The van der Waals surface area contributed by atoms with E-state index in [4.69, 9.17) is 0 Å². The van der Waals surface area contributed by atoms with E-state index in [2.05, 4.69) is 13.2 Å². The average molecular weight is 306 g/mol. The summed E-state index contributed by atoms with van der Waals surface area (Å²) in [7, 11) is 0. The molecule has 0 amide bonds. The van der Waals surface area contributed by atoms with Crippen LogP contribution < -0.4 is 0 Å². The lowest BCUT2D eigenvalue weighted by Crippen LogP contribution is -1.95. The Balaban J connectivity index is 2.57. The first-order valence-corrected chi connectivity index (χ1v) is 8.10. The Kier molecular flexibility index (Phi) is 6.82. The Hall–Kier alpha value is -1.26. The van der Waals surface area contributed by atoms with Crippen LogP contribution in [-0.2, 0) is 21.1 Å².